The van der Waals surface area contributed by atoms with Crippen molar-refractivity contribution in [2.24, 2.45) is 5.92 Å². The second-order valence-corrected chi connectivity index (χ2v) is 4.99. The van der Waals surface area contributed by atoms with E-state index in [2.05, 4.69) is 56.1 Å². The summed E-state index contributed by atoms with van der Waals surface area (Å²) >= 11 is 0. The van der Waals surface area contributed by atoms with Crippen LogP contribution in [0.2, 0.25) is 0 Å². The molecule has 1 aliphatic rings. The molecule has 3 atom stereocenters. The highest BCUT2D eigenvalue weighted by molar-refractivity contribution is 5.23. The second kappa shape index (κ2) is 4.84. The smallest absolute Gasteiger partial charge is 0.0388 e. The summed E-state index contributed by atoms with van der Waals surface area (Å²) in [6.07, 6.45) is 2.50. The normalized spacial score (nSPS) is 30.0. The highest BCUT2D eigenvalue weighted by atomic mass is 15.0. The first-order valence-corrected chi connectivity index (χ1v) is 6.15. The summed E-state index contributed by atoms with van der Waals surface area (Å²) in [7, 11) is 0. The van der Waals surface area contributed by atoms with Gasteiger partial charge in [-0.05, 0) is 38.2 Å². The van der Waals surface area contributed by atoms with Gasteiger partial charge < -0.3 is 5.32 Å². The van der Waals surface area contributed by atoms with E-state index in [-0.39, 0.29) is 0 Å². The molecule has 0 unspecified atom stereocenters. The third-order valence-electron chi connectivity index (χ3n) is 3.57. The SMILES string of the molecule is C=C(C)[C@@H]1CC[C@H](C)N[C@@H]1c1ccccc1. The lowest BCUT2D eigenvalue weighted by Crippen LogP contribution is -2.40. The first-order valence-electron chi connectivity index (χ1n) is 6.15. The lowest BCUT2D eigenvalue weighted by molar-refractivity contribution is 0.271. The van der Waals surface area contributed by atoms with Crippen molar-refractivity contribution in [1.29, 1.82) is 0 Å². The van der Waals surface area contributed by atoms with Crippen LogP contribution in [0.3, 0.4) is 0 Å². The van der Waals surface area contributed by atoms with Crippen molar-refractivity contribution in [3.05, 3.63) is 48.0 Å². The number of hydrogen-bond acceptors (Lipinski definition) is 1. The topological polar surface area (TPSA) is 12.0 Å². The van der Waals surface area contributed by atoms with Gasteiger partial charge in [-0.2, -0.15) is 0 Å². The molecule has 0 aliphatic carbocycles. The van der Waals surface area contributed by atoms with E-state index in [1.807, 2.05) is 0 Å². The zero-order valence-electron chi connectivity index (χ0n) is 10.2. The summed E-state index contributed by atoms with van der Waals surface area (Å²) in [5.41, 5.74) is 2.69. The van der Waals surface area contributed by atoms with Crippen molar-refractivity contribution in [3.63, 3.8) is 0 Å². The number of benzene rings is 1. The number of rotatable bonds is 2. The molecule has 0 spiro atoms. The van der Waals surface area contributed by atoms with Crippen molar-refractivity contribution in [3.8, 4) is 0 Å². The maximum atomic E-state index is 4.14. The predicted octanol–water partition coefficient (Wildman–Crippen LogP) is 3.69. The molecular formula is C15H21N. The van der Waals surface area contributed by atoms with Crippen LogP contribution in [-0.4, -0.2) is 6.04 Å². The fourth-order valence-electron chi connectivity index (χ4n) is 2.62. The molecule has 1 nitrogen and oxygen atoms in total. The maximum absolute atomic E-state index is 4.14. The van der Waals surface area contributed by atoms with Gasteiger partial charge in [0.25, 0.3) is 0 Å². The van der Waals surface area contributed by atoms with E-state index in [0.29, 0.717) is 18.0 Å². The van der Waals surface area contributed by atoms with Crippen molar-refractivity contribution in [2.45, 2.75) is 38.8 Å². The predicted molar refractivity (Wildman–Crippen MR) is 69.3 cm³/mol. The quantitative estimate of drug-likeness (QED) is 0.742. The summed E-state index contributed by atoms with van der Waals surface area (Å²) in [5, 5.41) is 3.70. The highest BCUT2D eigenvalue weighted by Gasteiger charge is 2.29. The molecule has 1 N–H and O–H groups in total. The molecule has 1 aromatic carbocycles. The minimum Gasteiger partial charge on any atom is -0.307 e. The molecule has 0 amide bonds. The first-order chi connectivity index (χ1) is 7.68. The molecule has 1 saturated heterocycles. The Balaban J connectivity index is 2.24. The van der Waals surface area contributed by atoms with Gasteiger partial charge in [-0.25, -0.2) is 0 Å². The number of piperidine rings is 1. The Kier molecular flexibility index (Phi) is 3.45. The molecule has 1 aromatic rings. The van der Waals surface area contributed by atoms with Crippen molar-refractivity contribution >= 4 is 0 Å². The molecule has 86 valence electrons. The third kappa shape index (κ3) is 2.35. The summed E-state index contributed by atoms with van der Waals surface area (Å²) in [5.74, 6) is 0.582. The Morgan fingerprint density at radius 1 is 1.25 bits per heavy atom. The van der Waals surface area contributed by atoms with E-state index >= 15 is 0 Å². The van der Waals surface area contributed by atoms with E-state index in [9.17, 15) is 0 Å². The Morgan fingerprint density at radius 2 is 1.94 bits per heavy atom. The van der Waals surface area contributed by atoms with Crippen LogP contribution in [-0.2, 0) is 0 Å². The molecule has 16 heavy (non-hydrogen) atoms. The van der Waals surface area contributed by atoms with Crippen LogP contribution in [0.15, 0.2) is 42.5 Å². The zero-order valence-corrected chi connectivity index (χ0v) is 10.2. The Hall–Kier alpha value is -1.08. The summed E-state index contributed by atoms with van der Waals surface area (Å²) in [6.45, 7) is 8.56. The zero-order chi connectivity index (χ0) is 11.5. The number of nitrogens with one attached hydrogen (secondary N) is 1. The van der Waals surface area contributed by atoms with E-state index in [0.717, 1.165) is 0 Å². The van der Waals surface area contributed by atoms with Gasteiger partial charge in [0.05, 0.1) is 0 Å². The average molecular weight is 215 g/mol. The molecule has 2 rings (SSSR count). The van der Waals surface area contributed by atoms with Gasteiger partial charge in [0.15, 0.2) is 0 Å². The molecule has 1 aliphatic heterocycles. The van der Waals surface area contributed by atoms with Crippen LogP contribution in [0.1, 0.15) is 38.3 Å². The van der Waals surface area contributed by atoms with Gasteiger partial charge in [0.2, 0.25) is 0 Å². The van der Waals surface area contributed by atoms with Crippen molar-refractivity contribution in [2.75, 3.05) is 0 Å². The fraction of sp³-hybridized carbons (Fsp3) is 0.467. The highest BCUT2D eigenvalue weighted by Crippen LogP contribution is 2.35. The van der Waals surface area contributed by atoms with Gasteiger partial charge in [-0.15, -0.1) is 0 Å². The van der Waals surface area contributed by atoms with Crippen molar-refractivity contribution in [1.82, 2.24) is 5.32 Å². The third-order valence-corrected chi connectivity index (χ3v) is 3.57. The fourth-order valence-corrected chi connectivity index (χ4v) is 2.62. The minimum absolute atomic E-state index is 0.447. The lowest BCUT2D eigenvalue weighted by atomic mass is 9.80. The average Bonchev–Trinajstić information content (AvgIpc) is 2.29. The molecule has 0 aromatic heterocycles. The Bertz CT molecular complexity index is 355. The maximum Gasteiger partial charge on any atom is 0.0388 e. The molecular weight excluding hydrogens is 194 g/mol. The minimum atomic E-state index is 0.447. The lowest BCUT2D eigenvalue weighted by Gasteiger charge is -2.37. The summed E-state index contributed by atoms with van der Waals surface area (Å²) < 4.78 is 0. The molecule has 1 heteroatoms. The van der Waals surface area contributed by atoms with Crippen molar-refractivity contribution < 1.29 is 0 Å². The Labute approximate surface area is 98.6 Å². The second-order valence-electron chi connectivity index (χ2n) is 4.99. The van der Waals surface area contributed by atoms with Crippen LogP contribution in [0.25, 0.3) is 0 Å². The van der Waals surface area contributed by atoms with E-state index in [1.54, 1.807) is 0 Å². The van der Waals surface area contributed by atoms with Crippen LogP contribution < -0.4 is 5.32 Å². The van der Waals surface area contributed by atoms with Gasteiger partial charge in [-0.1, -0.05) is 42.5 Å². The molecule has 0 saturated carbocycles. The largest absolute Gasteiger partial charge is 0.307 e. The van der Waals surface area contributed by atoms with Gasteiger partial charge >= 0.3 is 0 Å². The molecule has 1 heterocycles. The number of hydrogen-bond donors (Lipinski definition) is 1. The Morgan fingerprint density at radius 3 is 2.56 bits per heavy atom. The van der Waals surface area contributed by atoms with Crippen LogP contribution in [0.5, 0.6) is 0 Å². The van der Waals surface area contributed by atoms with E-state index in [1.165, 1.54) is 24.0 Å². The van der Waals surface area contributed by atoms with Crippen LogP contribution in [0.4, 0.5) is 0 Å². The van der Waals surface area contributed by atoms with E-state index < -0.39 is 0 Å². The van der Waals surface area contributed by atoms with Gasteiger partial charge in [0, 0.05) is 12.1 Å². The van der Waals surface area contributed by atoms with Crippen LogP contribution in [0, 0.1) is 5.92 Å². The van der Waals surface area contributed by atoms with Crippen LogP contribution >= 0.6 is 0 Å². The van der Waals surface area contributed by atoms with E-state index in [4.69, 9.17) is 0 Å². The van der Waals surface area contributed by atoms with Gasteiger partial charge in [0.1, 0.15) is 0 Å². The molecule has 1 fully saturated rings. The standard InChI is InChI=1S/C15H21N/c1-11(2)14-10-9-12(3)16-15(14)13-7-5-4-6-8-13/h4-8,12,14-16H,1,9-10H2,2-3H3/t12-,14-,15+/m0/s1. The molecule has 0 bridgehead atoms. The summed E-state index contributed by atoms with van der Waals surface area (Å²) in [4.78, 5) is 0. The van der Waals surface area contributed by atoms with Gasteiger partial charge in [-0.3, -0.25) is 0 Å². The monoisotopic (exact) mass is 215 g/mol. The first kappa shape index (κ1) is 11.4. The summed E-state index contributed by atoms with van der Waals surface area (Å²) in [6, 6.07) is 11.8. The molecule has 0 radical (unpaired) electrons.